The van der Waals surface area contributed by atoms with Gasteiger partial charge in [0.05, 0.1) is 17.7 Å². The van der Waals surface area contributed by atoms with Crippen LogP contribution >= 0.6 is 11.8 Å². The van der Waals surface area contributed by atoms with Crippen LogP contribution in [-0.4, -0.2) is 59.5 Å². The summed E-state index contributed by atoms with van der Waals surface area (Å²) in [5.74, 6) is 1.94. The molecule has 1 atom stereocenters. The van der Waals surface area contributed by atoms with Crippen molar-refractivity contribution in [1.82, 2.24) is 15.3 Å². The van der Waals surface area contributed by atoms with Crippen LogP contribution < -0.4 is 20.7 Å². The number of nitrogens with one attached hydrogen (secondary N) is 1. The smallest absolute Gasteiger partial charge is 0.254 e. The molecule has 214 valence electrons. The summed E-state index contributed by atoms with van der Waals surface area (Å²) in [7, 11) is 0. The van der Waals surface area contributed by atoms with Crippen molar-refractivity contribution in [1.29, 1.82) is 0 Å². The van der Waals surface area contributed by atoms with E-state index in [9.17, 15) is 14.0 Å². The first-order valence-corrected chi connectivity index (χ1v) is 14.9. The van der Waals surface area contributed by atoms with Crippen LogP contribution in [-0.2, 0) is 4.79 Å². The van der Waals surface area contributed by atoms with E-state index in [0.717, 1.165) is 61.8 Å². The molecule has 3 heterocycles. The second-order valence-corrected chi connectivity index (χ2v) is 10.9. The van der Waals surface area contributed by atoms with Crippen LogP contribution in [0.4, 0.5) is 10.3 Å². The number of carbonyl (C=O) groups is 2. The number of hydrogen-bond acceptors (Lipinski definition) is 8. The van der Waals surface area contributed by atoms with E-state index in [1.807, 2.05) is 25.3 Å². The summed E-state index contributed by atoms with van der Waals surface area (Å²) in [6.45, 7) is 4.16. The number of amides is 2. The van der Waals surface area contributed by atoms with Crippen molar-refractivity contribution in [3.63, 3.8) is 0 Å². The molecule has 0 radical (unpaired) electrons. The molecule has 4 rings (SSSR count). The number of hydrogen-bond donors (Lipinski definition) is 2. The molecule has 1 aliphatic rings. The lowest BCUT2D eigenvalue weighted by Crippen LogP contribution is -2.45. The highest BCUT2D eigenvalue weighted by molar-refractivity contribution is 7.98. The molecule has 3 N–H and O–H groups in total. The molecule has 9 nitrogen and oxygen atoms in total. The van der Waals surface area contributed by atoms with Gasteiger partial charge in [-0.05, 0) is 81.2 Å². The van der Waals surface area contributed by atoms with Crippen LogP contribution in [0, 0.1) is 18.7 Å². The normalized spacial score (nSPS) is 14.6. The molecule has 2 amide bonds. The zero-order valence-corrected chi connectivity index (χ0v) is 23.7. The quantitative estimate of drug-likeness (QED) is 0.287. The van der Waals surface area contributed by atoms with Gasteiger partial charge in [0.2, 0.25) is 11.9 Å². The molecule has 2 aromatic heterocycles. The number of anilines is 1. The van der Waals surface area contributed by atoms with Crippen molar-refractivity contribution in [3.8, 4) is 17.1 Å². The Morgan fingerprint density at radius 3 is 2.60 bits per heavy atom. The van der Waals surface area contributed by atoms with E-state index < -0.39 is 23.7 Å². The Bertz CT molecular complexity index is 1280. The Hall–Kier alpha value is -3.60. The fourth-order valence-electron chi connectivity index (χ4n) is 4.71. The van der Waals surface area contributed by atoms with Crippen LogP contribution in [0.5, 0.6) is 5.75 Å². The van der Waals surface area contributed by atoms with Crippen molar-refractivity contribution in [3.05, 3.63) is 59.9 Å². The lowest BCUT2D eigenvalue weighted by molar-refractivity contribution is -0.119. The summed E-state index contributed by atoms with van der Waals surface area (Å²) in [4.78, 5) is 35.3. The Morgan fingerprint density at radius 2 is 1.98 bits per heavy atom. The van der Waals surface area contributed by atoms with E-state index in [4.69, 9.17) is 14.9 Å². The number of piperidine rings is 1. The van der Waals surface area contributed by atoms with E-state index in [0.29, 0.717) is 30.4 Å². The molecule has 1 aliphatic heterocycles. The van der Waals surface area contributed by atoms with Crippen molar-refractivity contribution in [2.45, 2.75) is 45.1 Å². The first-order valence-electron chi connectivity index (χ1n) is 13.5. The Balaban J connectivity index is 1.17. The van der Waals surface area contributed by atoms with Gasteiger partial charge < -0.3 is 25.1 Å². The third-order valence-electron chi connectivity index (χ3n) is 7.03. The maximum Gasteiger partial charge on any atom is 0.254 e. The largest absolute Gasteiger partial charge is 0.493 e. The van der Waals surface area contributed by atoms with E-state index in [1.165, 1.54) is 23.9 Å². The molecule has 1 aromatic carbocycles. The van der Waals surface area contributed by atoms with E-state index in [-0.39, 0.29) is 5.56 Å². The first-order chi connectivity index (χ1) is 19.3. The predicted octanol–water partition coefficient (Wildman–Crippen LogP) is 4.60. The maximum atomic E-state index is 14.6. The van der Waals surface area contributed by atoms with E-state index in [1.54, 1.807) is 18.5 Å². The number of nitrogens with two attached hydrogens (primary N) is 1. The highest BCUT2D eigenvalue weighted by atomic mass is 32.2. The number of halogens is 1. The molecule has 1 fully saturated rings. The number of furan rings is 1. The number of ether oxygens (including phenoxy) is 1. The highest BCUT2D eigenvalue weighted by Gasteiger charge is 2.22. The van der Waals surface area contributed by atoms with Crippen LogP contribution in [0.15, 0.2) is 47.1 Å². The van der Waals surface area contributed by atoms with Gasteiger partial charge in [-0.15, -0.1) is 0 Å². The van der Waals surface area contributed by atoms with Crippen molar-refractivity contribution in [2.24, 2.45) is 11.7 Å². The van der Waals surface area contributed by atoms with Gasteiger partial charge >= 0.3 is 0 Å². The number of aryl methyl sites for hydroxylation is 1. The van der Waals surface area contributed by atoms with Gasteiger partial charge in [-0.1, -0.05) is 0 Å². The standard InChI is InChI=1S/C29H36FN5O4S/c1-19-5-8-26(39-19)21-17-32-29(33-18-21)35-12-9-20(10-13-35)4-3-14-38-22-6-7-23(24(30)16-22)28(37)34-25(27(31)36)11-15-40-2/h5-8,16-18,20,25H,3-4,9-15H2,1-2H3,(H2,31,36)(H,34,37)/t25-/m0/s1. The lowest BCUT2D eigenvalue weighted by Gasteiger charge is -2.32. The molecule has 1 saturated heterocycles. The van der Waals surface area contributed by atoms with Gasteiger partial charge in [0, 0.05) is 31.5 Å². The van der Waals surface area contributed by atoms with Crippen molar-refractivity contribution < 1.29 is 23.1 Å². The number of aromatic nitrogens is 2. The van der Waals surface area contributed by atoms with E-state index >= 15 is 0 Å². The van der Waals surface area contributed by atoms with Crippen molar-refractivity contribution in [2.75, 3.05) is 36.6 Å². The molecule has 0 aliphatic carbocycles. The minimum absolute atomic E-state index is 0.149. The summed E-state index contributed by atoms with van der Waals surface area (Å²) in [6.07, 6.45) is 9.83. The summed E-state index contributed by atoms with van der Waals surface area (Å²) in [5.41, 5.74) is 6.07. The Morgan fingerprint density at radius 1 is 1.23 bits per heavy atom. The fourth-order valence-corrected chi connectivity index (χ4v) is 5.18. The van der Waals surface area contributed by atoms with E-state index in [2.05, 4.69) is 20.2 Å². The van der Waals surface area contributed by atoms with Crippen molar-refractivity contribution >= 4 is 29.5 Å². The average Bonchev–Trinajstić information content (AvgIpc) is 3.39. The van der Waals surface area contributed by atoms with Gasteiger partial charge in [0.25, 0.3) is 5.91 Å². The zero-order chi connectivity index (χ0) is 28.5. The monoisotopic (exact) mass is 569 g/mol. The molecule has 0 spiro atoms. The average molecular weight is 570 g/mol. The molecular weight excluding hydrogens is 533 g/mol. The Labute approximate surface area is 238 Å². The number of rotatable bonds is 13. The molecule has 11 heteroatoms. The van der Waals surface area contributed by atoms with Crippen LogP contribution in [0.1, 0.15) is 48.2 Å². The topological polar surface area (TPSA) is 124 Å². The van der Waals surface area contributed by atoms with Gasteiger partial charge in [-0.25, -0.2) is 14.4 Å². The highest BCUT2D eigenvalue weighted by Crippen LogP contribution is 2.26. The molecule has 0 unspecified atom stereocenters. The van der Waals surface area contributed by atoms with Gasteiger partial charge in [-0.2, -0.15) is 11.8 Å². The number of nitrogens with zero attached hydrogens (tertiary/aromatic N) is 3. The molecule has 40 heavy (non-hydrogen) atoms. The number of carbonyl (C=O) groups excluding carboxylic acids is 2. The summed E-state index contributed by atoms with van der Waals surface area (Å²) in [6, 6.07) is 7.14. The fraction of sp³-hybridized carbons (Fsp3) is 0.448. The molecule has 0 bridgehead atoms. The minimum atomic E-state index is -0.841. The third kappa shape index (κ3) is 7.97. The van der Waals surface area contributed by atoms with Gasteiger partial charge in [0.15, 0.2) is 0 Å². The van der Waals surface area contributed by atoms with Crippen LogP contribution in [0.3, 0.4) is 0 Å². The summed E-state index contributed by atoms with van der Waals surface area (Å²) in [5, 5.41) is 2.52. The summed E-state index contributed by atoms with van der Waals surface area (Å²) < 4.78 is 26.0. The third-order valence-corrected chi connectivity index (χ3v) is 7.67. The lowest BCUT2D eigenvalue weighted by atomic mass is 9.92. The molecule has 3 aromatic rings. The Kier molecular flexibility index (Phi) is 10.4. The second-order valence-electron chi connectivity index (χ2n) is 9.95. The van der Waals surface area contributed by atoms with Crippen LogP contribution in [0.25, 0.3) is 11.3 Å². The van der Waals surface area contributed by atoms with Gasteiger partial charge in [0.1, 0.15) is 29.1 Å². The SMILES string of the molecule is CSCC[C@H](NC(=O)c1ccc(OCCCC2CCN(c3ncc(-c4ccc(C)o4)cn3)CC2)cc1F)C(N)=O. The molecular formula is C29H36FN5O4S. The van der Waals surface area contributed by atoms with Gasteiger partial charge in [-0.3, -0.25) is 9.59 Å². The minimum Gasteiger partial charge on any atom is -0.493 e. The molecule has 0 saturated carbocycles. The number of benzene rings is 1. The number of thioether (sulfide) groups is 1. The zero-order valence-electron chi connectivity index (χ0n) is 22.9. The van der Waals surface area contributed by atoms with Crippen LogP contribution in [0.2, 0.25) is 0 Å². The second kappa shape index (κ2) is 14.2. The maximum absolute atomic E-state index is 14.6. The predicted molar refractivity (Wildman–Crippen MR) is 154 cm³/mol. The summed E-state index contributed by atoms with van der Waals surface area (Å²) >= 11 is 1.53. The number of primary amides is 1. The first kappa shape index (κ1) is 29.4.